The number of hydrogen-bond acceptors (Lipinski definition) is 2. The van der Waals surface area contributed by atoms with E-state index >= 15 is 0 Å². The van der Waals surface area contributed by atoms with Crippen LogP contribution in [0.3, 0.4) is 0 Å². The number of benzene rings is 1. The highest BCUT2D eigenvalue weighted by Crippen LogP contribution is 2.16. The van der Waals surface area contributed by atoms with Crippen LogP contribution in [0.4, 0.5) is 0 Å². The minimum atomic E-state index is -0.174. The third kappa shape index (κ3) is 1.77. The van der Waals surface area contributed by atoms with E-state index in [1.54, 1.807) is 12.1 Å². The number of nitrogens with one attached hydrogen (secondary N) is 1. The lowest BCUT2D eigenvalue weighted by molar-refractivity contribution is -0.0593. The Balaban J connectivity index is 2.03. The molecule has 1 aromatic carbocycles. The van der Waals surface area contributed by atoms with Gasteiger partial charge in [-0.1, -0.05) is 18.2 Å². The molecule has 1 N–H and O–H groups in total. The molecule has 3 heteroatoms. The first kappa shape index (κ1) is 9.21. The second kappa shape index (κ2) is 3.42. The summed E-state index contributed by atoms with van der Waals surface area (Å²) in [7, 11) is 0. The molecule has 2 rings (SSSR count). The fraction of sp³-hybridized carbons (Fsp3) is 0.364. The minimum Gasteiger partial charge on any atom is -0.376 e. The standard InChI is InChI=1S/C11H13NO2/c1-11(7-14-8-11)12-10(13)9-5-3-2-4-6-9/h2-6H,7-8H2,1H3,(H,12,13). The maximum Gasteiger partial charge on any atom is 0.251 e. The topological polar surface area (TPSA) is 38.3 Å². The van der Waals surface area contributed by atoms with E-state index in [0.29, 0.717) is 18.8 Å². The van der Waals surface area contributed by atoms with Crippen LogP contribution in [0.15, 0.2) is 30.3 Å². The van der Waals surface area contributed by atoms with E-state index in [4.69, 9.17) is 4.74 Å². The van der Waals surface area contributed by atoms with E-state index in [9.17, 15) is 4.79 Å². The smallest absolute Gasteiger partial charge is 0.251 e. The van der Waals surface area contributed by atoms with E-state index in [-0.39, 0.29) is 11.4 Å². The van der Waals surface area contributed by atoms with Gasteiger partial charge in [-0.3, -0.25) is 4.79 Å². The lowest BCUT2D eigenvalue weighted by Crippen LogP contribution is -2.59. The van der Waals surface area contributed by atoms with Crippen molar-refractivity contribution >= 4 is 5.91 Å². The van der Waals surface area contributed by atoms with Gasteiger partial charge < -0.3 is 10.1 Å². The summed E-state index contributed by atoms with van der Waals surface area (Å²) in [6, 6.07) is 9.21. The molecule has 0 aromatic heterocycles. The predicted molar refractivity (Wildman–Crippen MR) is 53.1 cm³/mol. The predicted octanol–water partition coefficient (Wildman–Crippen LogP) is 1.21. The highest BCUT2D eigenvalue weighted by Gasteiger charge is 2.34. The molecule has 0 aliphatic carbocycles. The minimum absolute atomic E-state index is 0.0311. The highest BCUT2D eigenvalue weighted by molar-refractivity contribution is 5.94. The summed E-state index contributed by atoms with van der Waals surface area (Å²) < 4.78 is 5.06. The van der Waals surface area contributed by atoms with Gasteiger partial charge in [0.1, 0.15) is 0 Å². The second-order valence-electron chi connectivity index (χ2n) is 3.87. The summed E-state index contributed by atoms with van der Waals surface area (Å²) in [5.41, 5.74) is 0.521. The Bertz CT molecular complexity index is 330. The van der Waals surface area contributed by atoms with Crippen molar-refractivity contribution in [2.75, 3.05) is 13.2 Å². The van der Waals surface area contributed by atoms with Crippen molar-refractivity contribution < 1.29 is 9.53 Å². The second-order valence-corrected chi connectivity index (χ2v) is 3.87. The number of amides is 1. The summed E-state index contributed by atoms with van der Waals surface area (Å²) in [5.74, 6) is -0.0311. The molecule has 0 spiro atoms. The van der Waals surface area contributed by atoms with Crippen LogP contribution in [-0.4, -0.2) is 24.7 Å². The molecule has 1 aromatic rings. The van der Waals surface area contributed by atoms with Gasteiger partial charge in [-0.15, -0.1) is 0 Å². The Labute approximate surface area is 83.1 Å². The molecule has 0 unspecified atom stereocenters. The zero-order valence-electron chi connectivity index (χ0n) is 8.12. The van der Waals surface area contributed by atoms with Crippen LogP contribution in [0.2, 0.25) is 0 Å². The Morgan fingerprint density at radius 3 is 2.50 bits per heavy atom. The summed E-state index contributed by atoms with van der Waals surface area (Å²) >= 11 is 0. The summed E-state index contributed by atoms with van der Waals surface area (Å²) in [5, 5.41) is 2.95. The Hall–Kier alpha value is -1.35. The van der Waals surface area contributed by atoms with Crippen LogP contribution in [0.1, 0.15) is 17.3 Å². The van der Waals surface area contributed by atoms with Crippen molar-refractivity contribution in [2.45, 2.75) is 12.5 Å². The largest absolute Gasteiger partial charge is 0.376 e. The first-order valence-corrected chi connectivity index (χ1v) is 4.65. The maximum absolute atomic E-state index is 11.7. The van der Waals surface area contributed by atoms with Crippen molar-refractivity contribution in [2.24, 2.45) is 0 Å². The molecular formula is C11H13NO2. The van der Waals surface area contributed by atoms with Gasteiger partial charge in [-0.05, 0) is 19.1 Å². The normalized spacial score (nSPS) is 18.4. The van der Waals surface area contributed by atoms with Crippen molar-refractivity contribution in [1.29, 1.82) is 0 Å². The molecule has 74 valence electrons. The van der Waals surface area contributed by atoms with Crippen LogP contribution in [0.5, 0.6) is 0 Å². The monoisotopic (exact) mass is 191 g/mol. The zero-order chi connectivity index (χ0) is 10.0. The fourth-order valence-electron chi connectivity index (χ4n) is 1.42. The molecule has 3 nitrogen and oxygen atoms in total. The zero-order valence-corrected chi connectivity index (χ0v) is 8.12. The Morgan fingerprint density at radius 1 is 1.36 bits per heavy atom. The molecule has 1 fully saturated rings. The molecule has 1 saturated heterocycles. The highest BCUT2D eigenvalue weighted by atomic mass is 16.5. The van der Waals surface area contributed by atoms with Crippen LogP contribution >= 0.6 is 0 Å². The van der Waals surface area contributed by atoms with Gasteiger partial charge in [0.25, 0.3) is 5.91 Å². The van der Waals surface area contributed by atoms with Gasteiger partial charge in [-0.2, -0.15) is 0 Å². The fourth-order valence-corrected chi connectivity index (χ4v) is 1.42. The number of ether oxygens (including phenoxy) is 1. The van der Waals surface area contributed by atoms with Crippen molar-refractivity contribution in [1.82, 2.24) is 5.32 Å². The third-order valence-corrected chi connectivity index (χ3v) is 2.29. The Kier molecular flexibility index (Phi) is 2.25. The van der Waals surface area contributed by atoms with E-state index < -0.39 is 0 Å². The molecule has 1 heterocycles. The lowest BCUT2D eigenvalue weighted by Gasteiger charge is -2.38. The van der Waals surface area contributed by atoms with E-state index in [2.05, 4.69) is 5.32 Å². The van der Waals surface area contributed by atoms with E-state index in [1.165, 1.54) is 0 Å². The number of hydrogen-bond donors (Lipinski definition) is 1. The molecule has 14 heavy (non-hydrogen) atoms. The number of carbonyl (C=O) groups excluding carboxylic acids is 1. The maximum atomic E-state index is 11.7. The SMILES string of the molecule is CC1(NC(=O)c2ccccc2)COC1. The van der Waals surface area contributed by atoms with E-state index in [1.807, 2.05) is 25.1 Å². The molecule has 0 atom stereocenters. The van der Waals surface area contributed by atoms with Crippen LogP contribution in [0.25, 0.3) is 0 Å². The number of carbonyl (C=O) groups is 1. The molecule has 0 bridgehead atoms. The van der Waals surface area contributed by atoms with Crippen molar-refractivity contribution in [3.05, 3.63) is 35.9 Å². The van der Waals surface area contributed by atoms with Crippen molar-refractivity contribution in [3.8, 4) is 0 Å². The van der Waals surface area contributed by atoms with Gasteiger partial charge in [0, 0.05) is 5.56 Å². The van der Waals surface area contributed by atoms with Gasteiger partial charge in [0.15, 0.2) is 0 Å². The quantitative estimate of drug-likeness (QED) is 0.763. The molecule has 1 aliphatic rings. The molecule has 1 aliphatic heterocycles. The lowest BCUT2D eigenvalue weighted by atomic mass is 10.00. The Morgan fingerprint density at radius 2 is 2.00 bits per heavy atom. The van der Waals surface area contributed by atoms with Crippen LogP contribution in [0, 0.1) is 0 Å². The van der Waals surface area contributed by atoms with Gasteiger partial charge in [0.2, 0.25) is 0 Å². The summed E-state index contributed by atoms with van der Waals surface area (Å²) in [6.45, 7) is 3.19. The summed E-state index contributed by atoms with van der Waals surface area (Å²) in [4.78, 5) is 11.7. The third-order valence-electron chi connectivity index (χ3n) is 2.29. The number of rotatable bonds is 2. The average Bonchev–Trinajstić information content (AvgIpc) is 2.17. The van der Waals surface area contributed by atoms with Crippen LogP contribution < -0.4 is 5.32 Å². The van der Waals surface area contributed by atoms with Crippen molar-refractivity contribution in [3.63, 3.8) is 0 Å². The summed E-state index contributed by atoms with van der Waals surface area (Å²) in [6.07, 6.45) is 0. The molecule has 1 amide bonds. The van der Waals surface area contributed by atoms with Gasteiger partial charge in [-0.25, -0.2) is 0 Å². The molecule has 0 saturated carbocycles. The first-order valence-electron chi connectivity index (χ1n) is 4.65. The van der Waals surface area contributed by atoms with Gasteiger partial charge in [0.05, 0.1) is 18.8 Å². The van der Waals surface area contributed by atoms with Gasteiger partial charge >= 0.3 is 0 Å². The average molecular weight is 191 g/mol. The molecule has 0 radical (unpaired) electrons. The first-order chi connectivity index (χ1) is 6.70. The molecular weight excluding hydrogens is 178 g/mol. The van der Waals surface area contributed by atoms with E-state index in [0.717, 1.165) is 0 Å². The van der Waals surface area contributed by atoms with Crippen LogP contribution in [-0.2, 0) is 4.74 Å².